The Morgan fingerprint density at radius 1 is 1.52 bits per heavy atom. The zero-order valence-corrected chi connectivity index (χ0v) is 12.6. The first-order chi connectivity index (χ1) is 10.2. The van der Waals surface area contributed by atoms with Crippen molar-refractivity contribution in [2.45, 2.75) is 12.8 Å². The lowest BCUT2D eigenvalue weighted by atomic mass is 9.99. The lowest BCUT2D eigenvalue weighted by Crippen LogP contribution is -2.42. The third-order valence-corrected chi connectivity index (χ3v) is 3.78. The molecule has 2 rings (SSSR count). The van der Waals surface area contributed by atoms with Crippen LogP contribution in [0.1, 0.15) is 12.8 Å². The van der Waals surface area contributed by atoms with Gasteiger partial charge in [-0.1, -0.05) is 11.6 Å². The minimum Gasteiger partial charge on any atom is -0.396 e. The zero-order chi connectivity index (χ0) is 15.1. The van der Waals surface area contributed by atoms with Crippen LogP contribution in [-0.2, 0) is 0 Å². The molecule has 1 atom stereocenters. The largest absolute Gasteiger partial charge is 0.396 e. The highest BCUT2D eigenvalue weighted by Crippen LogP contribution is 2.15. The fraction of sp³-hybridized carbons (Fsp3) is 0.571. The molecule has 3 N–H and O–H groups in total. The summed E-state index contributed by atoms with van der Waals surface area (Å²) in [5, 5.41) is 15.1. The highest BCUT2D eigenvalue weighted by atomic mass is 35.5. The number of piperidine rings is 1. The van der Waals surface area contributed by atoms with E-state index < -0.39 is 0 Å². The summed E-state index contributed by atoms with van der Waals surface area (Å²) in [5.41, 5.74) is 0.607. The Bertz CT molecular complexity index is 455. The van der Waals surface area contributed by atoms with Crippen molar-refractivity contribution in [3.8, 4) is 0 Å². The van der Waals surface area contributed by atoms with Crippen LogP contribution < -0.4 is 10.6 Å². The number of carbonyl (C=O) groups excluding carboxylic acids is 1. The van der Waals surface area contributed by atoms with Gasteiger partial charge in [0.05, 0.1) is 11.9 Å². The number of urea groups is 1. The van der Waals surface area contributed by atoms with Gasteiger partial charge in [-0.25, -0.2) is 9.78 Å². The topological polar surface area (TPSA) is 77.5 Å². The average Bonchev–Trinajstić information content (AvgIpc) is 2.50. The van der Waals surface area contributed by atoms with Crippen LogP contribution in [0.15, 0.2) is 18.3 Å². The molecule has 0 spiro atoms. The molecular weight excluding hydrogens is 292 g/mol. The Hall–Kier alpha value is -1.37. The molecule has 0 radical (unpaired) electrons. The van der Waals surface area contributed by atoms with Gasteiger partial charge in [0.25, 0.3) is 0 Å². The first kappa shape index (κ1) is 16.0. The van der Waals surface area contributed by atoms with E-state index in [9.17, 15) is 9.90 Å². The molecule has 1 aromatic rings. The van der Waals surface area contributed by atoms with E-state index in [0.29, 0.717) is 23.3 Å². The second-order valence-corrected chi connectivity index (χ2v) is 5.63. The molecule has 1 aliphatic heterocycles. The first-order valence-corrected chi connectivity index (χ1v) is 7.55. The molecule has 116 valence electrons. The standard InChI is InChI=1S/C14H21ClN4O2/c15-13-4-3-12(8-17-13)18-14(21)16-5-7-19-6-1-2-11(9-19)10-20/h3-4,8,11,20H,1-2,5-7,9-10H2,(H2,16,18,21). The van der Waals surface area contributed by atoms with Gasteiger partial charge in [-0.15, -0.1) is 0 Å². The molecule has 0 bridgehead atoms. The molecule has 6 nitrogen and oxygen atoms in total. The third-order valence-electron chi connectivity index (χ3n) is 3.56. The number of halogens is 1. The van der Waals surface area contributed by atoms with E-state index in [0.717, 1.165) is 32.5 Å². The molecule has 1 saturated heterocycles. The summed E-state index contributed by atoms with van der Waals surface area (Å²) in [6, 6.07) is 3.07. The summed E-state index contributed by atoms with van der Waals surface area (Å²) in [6.45, 7) is 3.55. The Kier molecular flexibility index (Phi) is 6.22. The van der Waals surface area contributed by atoms with Crippen LogP contribution in [0.5, 0.6) is 0 Å². The summed E-state index contributed by atoms with van der Waals surface area (Å²) >= 11 is 5.68. The van der Waals surface area contributed by atoms with Gasteiger partial charge in [0.1, 0.15) is 5.15 Å². The van der Waals surface area contributed by atoms with E-state index in [-0.39, 0.29) is 12.6 Å². The SMILES string of the molecule is O=C(NCCN1CCCC(CO)C1)Nc1ccc(Cl)nc1. The van der Waals surface area contributed by atoms with Gasteiger partial charge in [-0.2, -0.15) is 0 Å². The fourth-order valence-corrected chi connectivity index (χ4v) is 2.57. The molecule has 0 aromatic carbocycles. The normalized spacial score (nSPS) is 19.2. The maximum atomic E-state index is 11.7. The van der Waals surface area contributed by atoms with Gasteiger partial charge in [0, 0.05) is 26.2 Å². The van der Waals surface area contributed by atoms with E-state index in [1.54, 1.807) is 12.1 Å². The van der Waals surface area contributed by atoms with Crippen LogP contribution in [0.3, 0.4) is 0 Å². The predicted molar refractivity (Wildman–Crippen MR) is 82.5 cm³/mol. The molecule has 2 heterocycles. The number of rotatable bonds is 5. The van der Waals surface area contributed by atoms with Crippen LogP contribution in [-0.4, -0.2) is 53.8 Å². The molecular formula is C14H21ClN4O2. The molecule has 0 saturated carbocycles. The Balaban J connectivity index is 1.66. The number of aliphatic hydroxyl groups excluding tert-OH is 1. The molecule has 1 aliphatic rings. The van der Waals surface area contributed by atoms with Crippen LogP contribution in [0.2, 0.25) is 5.15 Å². The van der Waals surface area contributed by atoms with Crippen molar-refractivity contribution >= 4 is 23.3 Å². The molecule has 2 amide bonds. The van der Waals surface area contributed by atoms with Gasteiger partial charge in [0.15, 0.2) is 0 Å². The Labute approximate surface area is 129 Å². The van der Waals surface area contributed by atoms with Crippen molar-refractivity contribution in [2.24, 2.45) is 5.92 Å². The lowest BCUT2D eigenvalue weighted by molar-refractivity contribution is 0.121. The molecule has 7 heteroatoms. The number of aromatic nitrogens is 1. The van der Waals surface area contributed by atoms with Crippen LogP contribution in [0.4, 0.5) is 10.5 Å². The van der Waals surface area contributed by atoms with E-state index in [1.165, 1.54) is 6.20 Å². The van der Waals surface area contributed by atoms with Crippen molar-refractivity contribution in [3.05, 3.63) is 23.5 Å². The zero-order valence-electron chi connectivity index (χ0n) is 11.9. The third kappa shape index (κ3) is 5.49. The predicted octanol–water partition coefficient (Wildman–Crippen LogP) is 1.56. The number of carbonyl (C=O) groups is 1. The van der Waals surface area contributed by atoms with Gasteiger partial charge in [-0.3, -0.25) is 0 Å². The highest BCUT2D eigenvalue weighted by molar-refractivity contribution is 6.29. The van der Waals surface area contributed by atoms with Crippen LogP contribution in [0, 0.1) is 5.92 Å². The monoisotopic (exact) mass is 312 g/mol. The number of likely N-dealkylation sites (tertiary alicyclic amines) is 1. The van der Waals surface area contributed by atoms with Crippen molar-refractivity contribution in [2.75, 3.05) is 38.1 Å². The average molecular weight is 313 g/mol. The molecule has 1 fully saturated rings. The number of pyridine rings is 1. The maximum absolute atomic E-state index is 11.7. The molecule has 1 aromatic heterocycles. The number of nitrogens with one attached hydrogen (secondary N) is 2. The van der Waals surface area contributed by atoms with Gasteiger partial charge in [-0.05, 0) is 37.4 Å². The van der Waals surface area contributed by atoms with Gasteiger partial charge >= 0.3 is 6.03 Å². The summed E-state index contributed by atoms with van der Waals surface area (Å²) in [7, 11) is 0. The molecule has 21 heavy (non-hydrogen) atoms. The van der Waals surface area contributed by atoms with Crippen molar-refractivity contribution in [1.29, 1.82) is 0 Å². The number of aliphatic hydroxyl groups is 1. The molecule has 0 aliphatic carbocycles. The van der Waals surface area contributed by atoms with E-state index >= 15 is 0 Å². The fourth-order valence-electron chi connectivity index (χ4n) is 2.46. The summed E-state index contributed by atoms with van der Waals surface area (Å²) in [4.78, 5) is 17.9. The minimum atomic E-state index is -0.255. The van der Waals surface area contributed by atoms with Gasteiger partial charge < -0.3 is 20.6 Å². The lowest BCUT2D eigenvalue weighted by Gasteiger charge is -2.31. The highest BCUT2D eigenvalue weighted by Gasteiger charge is 2.18. The number of nitrogens with zero attached hydrogens (tertiary/aromatic N) is 2. The summed E-state index contributed by atoms with van der Waals surface area (Å²) in [6.07, 6.45) is 3.71. The Morgan fingerprint density at radius 3 is 3.10 bits per heavy atom. The minimum absolute atomic E-state index is 0.244. The van der Waals surface area contributed by atoms with Crippen LogP contribution in [0.25, 0.3) is 0 Å². The summed E-state index contributed by atoms with van der Waals surface area (Å²) < 4.78 is 0. The van der Waals surface area contributed by atoms with Gasteiger partial charge in [0.2, 0.25) is 0 Å². The first-order valence-electron chi connectivity index (χ1n) is 7.17. The maximum Gasteiger partial charge on any atom is 0.319 e. The van der Waals surface area contributed by atoms with E-state index in [1.807, 2.05) is 0 Å². The quantitative estimate of drug-likeness (QED) is 0.721. The second kappa shape index (κ2) is 8.17. The smallest absolute Gasteiger partial charge is 0.319 e. The van der Waals surface area contributed by atoms with E-state index in [2.05, 4.69) is 20.5 Å². The summed E-state index contributed by atoms with van der Waals surface area (Å²) in [5.74, 6) is 0.368. The second-order valence-electron chi connectivity index (χ2n) is 5.24. The number of amides is 2. The number of hydrogen-bond donors (Lipinski definition) is 3. The number of hydrogen-bond acceptors (Lipinski definition) is 4. The molecule has 1 unspecified atom stereocenters. The van der Waals surface area contributed by atoms with Crippen molar-refractivity contribution in [3.63, 3.8) is 0 Å². The van der Waals surface area contributed by atoms with Crippen molar-refractivity contribution in [1.82, 2.24) is 15.2 Å². The number of anilines is 1. The Morgan fingerprint density at radius 2 is 2.38 bits per heavy atom. The van der Waals surface area contributed by atoms with Crippen molar-refractivity contribution < 1.29 is 9.90 Å². The van der Waals surface area contributed by atoms with E-state index in [4.69, 9.17) is 11.6 Å². The van der Waals surface area contributed by atoms with Crippen LogP contribution >= 0.6 is 11.6 Å².